The van der Waals surface area contributed by atoms with Crippen LogP contribution in [0.5, 0.6) is 0 Å². The van der Waals surface area contributed by atoms with E-state index in [9.17, 15) is 18.3 Å². The number of aliphatic hydroxyl groups is 1. The topological polar surface area (TPSA) is 110 Å². The van der Waals surface area contributed by atoms with Crippen LogP contribution in [0.15, 0.2) is 28.7 Å². The summed E-state index contributed by atoms with van der Waals surface area (Å²) in [6.45, 7) is 1.91. The fourth-order valence-corrected chi connectivity index (χ4v) is 1.42. The Hall–Kier alpha value is -2.13. The maximum atomic E-state index is 10.6. The van der Waals surface area contributed by atoms with Crippen LogP contribution in [0, 0.1) is 0 Å². The molecule has 4 N–H and O–H groups in total. The predicted molar refractivity (Wildman–Crippen MR) is 70.9 cm³/mol. The molecule has 122 valence electrons. The molecular weight excluding hydrogens is 305 g/mol. The van der Waals surface area contributed by atoms with Crippen molar-refractivity contribution in [1.29, 1.82) is 0 Å². The number of alkyl halides is 3. The first-order valence-electron chi connectivity index (χ1n) is 6.26. The van der Waals surface area contributed by atoms with Crippen molar-refractivity contribution in [3.05, 3.63) is 30.2 Å². The van der Waals surface area contributed by atoms with Crippen LogP contribution >= 0.6 is 0 Å². The number of rotatable bonds is 3. The average Bonchev–Trinajstić information content (AvgIpc) is 2.89. The molecular formula is C13H15F3N2O4. The van der Waals surface area contributed by atoms with Gasteiger partial charge in [-0.2, -0.15) is 13.2 Å². The summed E-state index contributed by atoms with van der Waals surface area (Å²) < 4.78 is 37.1. The van der Waals surface area contributed by atoms with Gasteiger partial charge in [0.25, 0.3) is 0 Å². The lowest BCUT2D eigenvalue weighted by molar-refractivity contribution is -0.192. The molecule has 2 rings (SSSR count). The van der Waals surface area contributed by atoms with Crippen LogP contribution < -0.4 is 5.73 Å². The third-order valence-electron chi connectivity index (χ3n) is 2.68. The van der Waals surface area contributed by atoms with E-state index in [0.29, 0.717) is 17.9 Å². The minimum absolute atomic E-state index is 0.297. The number of carboxylic acid groups (broad SMARTS) is 1. The molecule has 0 aliphatic heterocycles. The number of aromatic nitrogens is 1. The predicted octanol–water partition coefficient (Wildman–Crippen LogP) is 2.23. The monoisotopic (exact) mass is 320 g/mol. The van der Waals surface area contributed by atoms with Crippen LogP contribution in [-0.4, -0.2) is 33.4 Å². The summed E-state index contributed by atoms with van der Waals surface area (Å²) in [5.74, 6) is -2.46. The van der Waals surface area contributed by atoms with E-state index in [4.69, 9.17) is 20.1 Å². The zero-order chi connectivity index (χ0) is 16.9. The van der Waals surface area contributed by atoms with Crippen LogP contribution in [0.2, 0.25) is 0 Å². The first-order valence-corrected chi connectivity index (χ1v) is 6.26. The number of carboxylic acids is 1. The highest BCUT2D eigenvalue weighted by Crippen LogP contribution is 2.22. The number of oxazole rings is 1. The van der Waals surface area contributed by atoms with E-state index in [0.717, 1.165) is 5.52 Å². The van der Waals surface area contributed by atoms with Gasteiger partial charge in [-0.05, 0) is 18.6 Å². The molecule has 0 saturated carbocycles. The number of hydrogen-bond acceptors (Lipinski definition) is 5. The highest BCUT2D eigenvalue weighted by molar-refractivity contribution is 5.73. The number of para-hydroxylation sites is 2. The van der Waals surface area contributed by atoms with Crippen molar-refractivity contribution < 1.29 is 32.6 Å². The molecule has 2 aromatic rings. The van der Waals surface area contributed by atoms with Crippen LogP contribution in [0.1, 0.15) is 25.3 Å². The van der Waals surface area contributed by atoms with Gasteiger partial charge in [0.2, 0.25) is 5.89 Å². The molecule has 0 aliphatic carbocycles. The Labute approximate surface area is 123 Å². The molecule has 22 heavy (non-hydrogen) atoms. The van der Waals surface area contributed by atoms with Crippen molar-refractivity contribution in [3.8, 4) is 0 Å². The summed E-state index contributed by atoms with van der Waals surface area (Å²) in [4.78, 5) is 13.1. The zero-order valence-corrected chi connectivity index (χ0v) is 11.5. The molecule has 0 radical (unpaired) electrons. The van der Waals surface area contributed by atoms with Gasteiger partial charge in [0.05, 0.1) is 0 Å². The van der Waals surface area contributed by atoms with Gasteiger partial charge < -0.3 is 20.4 Å². The summed E-state index contributed by atoms with van der Waals surface area (Å²) in [6.07, 6.45) is -5.23. The fourth-order valence-electron chi connectivity index (χ4n) is 1.42. The second-order valence-electron chi connectivity index (χ2n) is 4.34. The lowest BCUT2D eigenvalue weighted by Crippen LogP contribution is -2.27. The van der Waals surface area contributed by atoms with Crippen LogP contribution in [0.3, 0.4) is 0 Å². The SMILES string of the molecule is CCC(N)C(O)c1nc2ccccc2o1.O=C(O)C(F)(F)F. The van der Waals surface area contributed by atoms with Gasteiger partial charge >= 0.3 is 12.1 Å². The number of aliphatic hydroxyl groups excluding tert-OH is 1. The zero-order valence-electron chi connectivity index (χ0n) is 11.5. The minimum atomic E-state index is -5.08. The van der Waals surface area contributed by atoms with Crippen molar-refractivity contribution in [2.24, 2.45) is 5.73 Å². The van der Waals surface area contributed by atoms with E-state index in [1.165, 1.54) is 0 Å². The highest BCUT2D eigenvalue weighted by Gasteiger charge is 2.38. The fraction of sp³-hybridized carbons (Fsp3) is 0.385. The number of benzene rings is 1. The first-order chi connectivity index (χ1) is 10.2. The number of halogens is 3. The van der Waals surface area contributed by atoms with Gasteiger partial charge in [0.15, 0.2) is 5.58 Å². The van der Waals surface area contributed by atoms with Crippen molar-refractivity contribution in [1.82, 2.24) is 4.98 Å². The maximum absolute atomic E-state index is 10.6. The van der Waals surface area contributed by atoms with E-state index in [-0.39, 0.29) is 6.04 Å². The molecule has 6 nitrogen and oxygen atoms in total. The smallest absolute Gasteiger partial charge is 0.475 e. The maximum Gasteiger partial charge on any atom is 0.490 e. The Morgan fingerprint density at radius 1 is 1.41 bits per heavy atom. The number of nitrogens with zero attached hydrogens (tertiary/aromatic N) is 1. The normalized spacial score (nSPS) is 14.1. The van der Waals surface area contributed by atoms with Crippen LogP contribution in [0.4, 0.5) is 13.2 Å². The summed E-state index contributed by atoms with van der Waals surface area (Å²) >= 11 is 0. The molecule has 0 saturated heterocycles. The summed E-state index contributed by atoms with van der Waals surface area (Å²) in [6, 6.07) is 7.06. The third-order valence-corrected chi connectivity index (χ3v) is 2.68. The Kier molecular flexibility index (Phi) is 5.89. The van der Waals surface area contributed by atoms with Gasteiger partial charge in [0, 0.05) is 6.04 Å². The lowest BCUT2D eigenvalue weighted by Gasteiger charge is -2.12. The quantitative estimate of drug-likeness (QED) is 0.800. The molecule has 0 fully saturated rings. The van der Waals surface area contributed by atoms with Gasteiger partial charge in [-0.3, -0.25) is 0 Å². The van der Waals surface area contributed by atoms with Gasteiger partial charge in [0.1, 0.15) is 11.6 Å². The lowest BCUT2D eigenvalue weighted by atomic mass is 10.1. The Balaban J connectivity index is 0.000000295. The van der Waals surface area contributed by atoms with Gasteiger partial charge in [-0.25, -0.2) is 9.78 Å². The molecule has 0 amide bonds. The molecule has 2 atom stereocenters. The standard InChI is InChI=1S/C11H14N2O2.C2HF3O2/c1-2-7(12)10(14)11-13-8-5-3-4-6-9(8)15-11;3-2(4,5)1(6)7/h3-7,10,14H,2,12H2,1H3;(H,6,7). The number of carbonyl (C=O) groups is 1. The molecule has 1 heterocycles. The van der Waals surface area contributed by atoms with E-state index in [1.54, 1.807) is 0 Å². The van der Waals surface area contributed by atoms with E-state index < -0.39 is 18.2 Å². The molecule has 0 bridgehead atoms. The van der Waals surface area contributed by atoms with E-state index in [2.05, 4.69) is 4.98 Å². The van der Waals surface area contributed by atoms with E-state index >= 15 is 0 Å². The molecule has 1 aromatic carbocycles. The van der Waals surface area contributed by atoms with Crippen molar-refractivity contribution in [2.75, 3.05) is 0 Å². The highest BCUT2D eigenvalue weighted by atomic mass is 19.4. The number of aliphatic carboxylic acids is 1. The largest absolute Gasteiger partial charge is 0.490 e. The molecule has 0 spiro atoms. The molecule has 1 aromatic heterocycles. The summed E-state index contributed by atoms with van der Waals surface area (Å²) in [7, 11) is 0. The van der Waals surface area contributed by atoms with Crippen LogP contribution in [0.25, 0.3) is 11.1 Å². The van der Waals surface area contributed by atoms with Crippen molar-refractivity contribution in [2.45, 2.75) is 31.7 Å². The van der Waals surface area contributed by atoms with Gasteiger partial charge in [-0.1, -0.05) is 19.1 Å². The number of nitrogens with two attached hydrogens (primary N) is 1. The second-order valence-corrected chi connectivity index (χ2v) is 4.34. The Bertz CT molecular complexity index is 594. The number of hydrogen-bond donors (Lipinski definition) is 3. The second kappa shape index (κ2) is 7.23. The van der Waals surface area contributed by atoms with Crippen LogP contribution in [-0.2, 0) is 4.79 Å². The van der Waals surface area contributed by atoms with Crippen molar-refractivity contribution >= 4 is 17.1 Å². The Morgan fingerprint density at radius 3 is 2.41 bits per heavy atom. The number of fused-ring (bicyclic) bond motifs is 1. The summed E-state index contributed by atoms with van der Waals surface area (Å²) in [5.41, 5.74) is 7.14. The average molecular weight is 320 g/mol. The summed E-state index contributed by atoms with van der Waals surface area (Å²) in [5, 5.41) is 16.9. The van der Waals surface area contributed by atoms with E-state index in [1.807, 2.05) is 31.2 Å². The minimum Gasteiger partial charge on any atom is -0.475 e. The third kappa shape index (κ3) is 4.71. The molecule has 9 heteroatoms. The van der Waals surface area contributed by atoms with Gasteiger partial charge in [-0.15, -0.1) is 0 Å². The molecule has 0 aliphatic rings. The Morgan fingerprint density at radius 2 is 1.95 bits per heavy atom. The first kappa shape index (κ1) is 17.9. The molecule has 2 unspecified atom stereocenters. The van der Waals surface area contributed by atoms with Crippen molar-refractivity contribution in [3.63, 3.8) is 0 Å².